The third-order valence-corrected chi connectivity index (χ3v) is 4.01. The molecule has 0 aromatic heterocycles. The molecule has 1 aliphatic carbocycles. The highest BCUT2D eigenvalue weighted by molar-refractivity contribution is 9.11. The molecular weight excluding hydrogens is 286 g/mol. The molecule has 1 saturated heterocycles. The van der Waals surface area contributed by atoms with Gasteiger partial charge in [-0.05, 0) is 18.4 Å². The molecule has 0 unspecified atom stereocenters. The lowest BCUT2D eigenvalue weighted by molar-refractivity contribution is 0.0528. The van der Waals surface area contributed by atoms with Crippen LogP contribution in [0.4, 0.5) is 0 Å². The van der Waals surface area contributed by atoms with Gasteiger partial charge in [-0.2, -0.15) is 0 Å². The number of halogens is 1. The van der Waals surface area contributed by atoms with E-state index in [2.05, 4.69) is 45.3 Å². The molecule has 0 spiro atoms. The fourth-order valence-electron chi connectivity index (χ4n) is 1.85. The van der Waals surface area contributed by atoms with Crippen molar-refractivity contribution >= 4 is 27.7 Å². The lowest BCUT2D eigenvalue weighted by atomic mass is 10.2. The maximum Gasteiger partial charge on any atom is 0.0642 e. The van der Waals surface area contributed by atoms with E-state index < -0.39 is 0 Å². The minimum absolute atomic E-state index is 0.848. The first-order chi connectivity index (χ1) is 7.79. The number of nitrogens with zero attached hydrogens (tertiary/aromatic N) is 1. The van der Waals surface area contributed by atoms with Gasteiger partial charge in [-0.25, -0.2) is 0 Å². The number of hydrogen-bond donors (Lipinski definition) is 0. The van der Waals surface area contributed by atoms with E-state index in [0.717, 1.165) is 32.7 Å². The van der Waals surface area contributed by atoms with Gasteiger partial charge in [-0.3, -0.25) is 0 Å². The predicted molar refractivity (Wildman–Crippen MR) is 73.7 cm³/mol. The van der Waals surface area contributed by atoms with Gasteiger partial charge in [-0.15, -0.1) is 11.8 Å². The lowest BCUT2D eigenvalue weighted by Gasteiger charge is -2.30. The molecular formula is C12H16BrNOS. The SMILES string of the molecule is CSC1=CC(Br)=CCC(N2CCOCC2)=C1. The van der Waals surface area contributed by atoms with Crippen molar-refractivity contribution in [3.8, 4) is 0 Å². The van der Waals surface area contributed by atoms with Gasteiger partial charge in [0, 0.05) is 34.6 Å². The van der Waals surface area contributed by atoms with Crippen LogP contribution in [0.1, 0.15) is 6.42 Å². The van der Waals surface area contributed by atoms with Crippen LogP contribution >= 0.6 is 27.7 Å². The standard InChI is InChI=1S/C12H16BrNOS/c1-16-12-8-10(13)2-3-11(9-12)14-4-6-15-7-5-14/h2,8-9H,3-7H2,1H3. The second-order valence-electron chi connectivity index (χ2n) is 3.78. The fourth-order valence-corrected chi connectivity index (χ4v) is 2.91. The molecule has 0 radical (unpaired) electrons. The number of ether oxygens (including phenoxy) is 1. The zero-order valence-electron chi connectivity index (χ0n) is 9.41. The van der Waals surface area contributed by atoms with E-state index in [4.69, 9.17) is 4.74 Å². The van der Waals surface area contributed by atoms with Crippen LogP contribution in [0.25, 0.3) is 0 Å². The van der Waals surface area contributed by atoms with Crippen molar-refractivity contribution in [3.05, 3.63) is 33.3 Å². The molecule has 2 aliphatic rings. The smallest absolute Gasteiger partial charge is 0.0642 e. The van der Waals surface area contributed by atoms with Crippen molar-refractivity contribution in [1.82, 2.24) is 4.90 Å². The molecule has 0 amide bonds. The number of morpholine rings is 1. The van der Waals surface area contributed by atoms with Crippen molar-refractivity contribution in [1.29, 1.82) is 0 Å². The van der Waals surface area contributed by atoms with E-state index in [-0.39, 0.29) is 0 Å². The molecule has 2 rings (SSSR count). The Labute approximate surface area is 110 Å². The average Bonchev–Trinajstić information content (AvgIpc) is 2.52. The molecule has 0 bridgehead atoms. The zero-order valence-corrected chi connectivity index (χ0v) is 11.8. The maximum absolute atomic E-state index is 5.38. The molecule has 0 saturated carbocycles. The first-order valence-corrected chi connectivity index (χ1v) is 7.46. The predicted octanol–water partition coefficient (Wildman–Crippen LogP) is 3.13. The Morgan fingerprint density at radius 1 is 1.31 bits per heavy atom. The molecule has 0 atom stereocenters. The molecule has 0 aromatic rings. The van der Waals surface area contributed by atoms with Gasteiger partial charge in [-0.1, -0.05) is 22.0 Å². The van der Waals surface area contributed by atoms with E-state index >= 15 is 0 Å². The fraction of sp³-hybridized carbons (Fsp3) is 0.500. The van der Waals surface area contributed by atoms with E-state index in [0.29, 0.717) is 0 Å². The van der Waals surface area contributed by atoms with E-state index in [1.807, 2.05) is 0 Å². The van der Waals surface area contributed by atoms with Crippen LogP contribution < -0.4 is 0 Å². The Morgan fingerprint density at radius 3 is 2.75 bits per heavy atom. The molecule has 0 N–H and O–H groups in total. The minimum atomic E-state index is 0.848. The Bertz CT molecular complexity index is 343. The van der Waals surface area contributed by atoms with Crippen LogP contribution in [-0.4, -0.2) is 37.5 Å². The van der Waals surface area contributed by atoms with Crippen LogP contribution in [-0.2, 0) is 4.74 Å². The summed E-state index contributed by atoms with van der Waals surface area (Å²) in [6.07, 6.45) is 9.81. The second kappa shape index (κ2) is 5.94. The zero-order chi connectivity index (χ0) is 11.4. The van der Waals surface area contributed by atoms with Gasteiger partial charge >= 0.3 is 0 Å². The normalized spacial score (nSPS) is 22.1. The third kappa shape index (κ3) is 3.15. The first-order valence-electron chi connectivity index (χ1n) is 5.44. The van der Waals surface area contributed by atoms with Crippen LogP contribution in [0.2, 0.25) is 0 Å². The number of thioether (sulfide) groups is 1. The largest absolute Gasteiger partial charge is 0.378 e. The summed E-state index contributed by atoms with van der Waals surface area (Å²) in [4.78, 5) is 3.73. The molecule has 0 aromatic carbocycles. The van der Waals surface area contributed by atoms with Crippen molar-refractivity contribution < 1.29 is 4.74 Å². The van der Waals surface area contributed by atoms with E-state index in [1.165, 1.54) is 15.1 Å². The highest BCUT2D eigenvalue weighted by Gasteiger charge is 2.14. The van der Waals surface area contributed by atoms with Crippen molar-refractivity contribution in [2.24, 2.45) is 0 Å². The van der Waals surface area contributed by atoms with Crippen LogP contribution in [0.5, 0.6) is 0 Å². The van der Waals surface area contributed by atoms with Crippen LogP contribution in [0.3, 0.4) is 0 Å². The molecule has 16 heavy (non-hydrogen) atoms. The van der Waals surface area contributed by atoms with E-state index in [9.17, 15) is 0 Å². The van der Waals surface area contributed by atoms with Gasteiger partial charge in [0.25, 0.3) is 0 Å². The Kier molecular flexibility index (Phi) is 4.55. The molecule has 4 heteroatoms. The molecule has 1 aliphatic heterocycles. The lowest BCUT2D eigenvalue weighted by Crippen LogP contribution is -2.35. The monoisotopic (exact) mass is 301 g/mol. The van der Waals surface area contributed by atoms with Crippen molar-refractivity contribution in [3.63, 3.8) is 0 Å². The Hall–Kier alpha value is -0.190. The maximum atomic E-state index is 5.38. The summed E-state index contributed by atoms with van der Waals surface area (Å²) in [7, 11) is 0. The van der Waals surface area contributed by atoms with Crippen LogP contribution in [0.15, 0.2) is 33.3 Å². The molecule has 1 fully saturated rings. The van der Waals surface area contributed by atoms with Gasteiger partial charge in [0.2, 0.25) is 0 Å². The summed E-state index contributed by atoms with van der Waals surface area (Å²) in [5.41, 5.74) is 1.40. The topological polar surface area (TPSA) is 12.5 Å². The molecule has 2 nitrogen and oxygen atoms in total. The van der Waals surface area contributed by atoms with Gasteiger partial charge < -0.3 is 9.64 Å². The van der Waals surface area contributed by atoms with Gasteiger partial charge in [0.05, 0.1) is 13.2 Å². The summed E-state index contributed by atoms with van der Waals surface area (Å²) in [5, 5.41) is 0. The quantitative estimate of drug-likeness (QED) is 0.777. The Balaban J connectivity index is 2.14. The van der Waals surface area contributed by atoms with Gasteiger partial charge in [0.15, 0.2) is 0 Å². The molecule has 88 valence electrons. The second-order valence-corrected chi connectivity index (χ2v) is 5.57. The third-order valence-electron chi connectivity index (χ3n) is 2.75. The first kappa shape index (κ1) is 12.3. The van der Waals surface area contributed by atoms with Crippen LogP contribution in [0, 0.1) is 0 Å². The minimum Gasteiger partial charge on any atom is -0.378 e. The summed E-state index contributed by atoms with van der Waals surface area (Å²) in [6, 6.07) is 0. The summed E-state index contributed by atoms with van der Waals surface area (Å²) >= 11 is 5.35. The van der Waals surface area contributed by atoms with Gasteiger partial charge in [0.1, 0.15) is 0 Å². The average molecular weight is 302 g/mol. The number of hydrogen-bond acceptors (Lipinski definition) is 3. The Morgan fingerprint density at radius 2 is 2.06 bits per heavy atom. The van der Waals surface area contributed by atoms with Crippen molar-refractivity contribution in [2.75, 3.05) is 32.6 Å². The summed E-state index contributed by atoms with van der Waals surface area (Å²) in [5.74, 6) is 0. The highest BCUT2D eigenvalue weighted by atomic mass is 79.9. The highest BCUT2D eigenvalue weighted by Crippen LogP contribution is 2.27. The van der Waals surface area contributed by atoms with E-state index in [1.54, 1.807) is 11.8 Å². The number of allylic oxidation sites excluding steroid dienone is 4. The summed E-state index contributed by atoms with van der Waals surface area (Å²) < 4.78 is 6.56. The van der Waals surface area contributed by atoms with Crippen molar-refractivity contribution in [2.45, 2.75) is 6.42 Å². The molecule has 1 heterocycles. The summed E-state index contributed by atoms with van der Waals surface area (Å²) in [6.45, 7) is 3.72. The number of rotatable bonds is 2.